The highest BCUT2D eigenvalue weighted by Gasteiger charge is 2.11. The van der Waals surface area contributed by atoms with Crippen molar-refractivity contribution in [1.29, 1.82) is 5.41 Å². The van der Waals surface area contributed by atoms with Crippen molar-refractivity contribution in [1.82, 2.24) is 9.55 Å². The zero-order chi connectivity index (χ0) is 15.4. The van der Waals surface area contributed by atoms with E-state index in [1.165, 1.54) is 17.3 Å². The zero-order valence-corrected chi connectivity index (χ0v) is 13.0. The first kappa shape index (κ1) is 14.7. The number of amidine groups is 1. The molecular formula is C17H18N4S. The standard InChI is InChI=1S/C17H18N4S/c18-17(19)22-12-16-20-14-8-4-5-9-15(14)21(16)11-10-13-6-2-1-3-7-13/h1-9H,10-12H2,(H3,18,19). The van der Waals surface area contributed by atoms with Crippen LogP contribution in [-0.2, 0) is 18.7 Å². The number of fused-ring (bicyclic) bond motifs is 1. The summed E-state index contributed by atoms with van der Waals surface area (Å²) < 4.78 is 2.23. The highest BCUT2D eigenvalue weighted by atomic mass is 32.2. The Morgan fingerprint density at radius 1 is 1.09 bits per heavy atom. The lowest BCUT2D eigenvalue weighted by molar-refractivity contribution is 0.689. The van der Waals surface area contributed by atoms with Crippen molar-refractivity contribution in [3.63, 3.8) is 0 Å². The average Bonchev–Trinajstić information content (AvgIpc) is 2.89. The maximum absolute atomic E-state index is 7.39. The number of para-hydroxylation sites is 2. The first-order chi connectivity index (χ1) is 10.7. The molecule has 0 bridgehead atoms. The molecule has 0 aliphatic heterocycles. The molecule has 1 aromatic heterocycles. The highest BCUT2D eigenvalue weighted by Crippen LogP contribution is 2.20. The fourth-order valence-electron chi connectivity index (χ4n) is 2.51. The second kappa shape index (κ2) is 6.66. The van der Waals surface area contributed by atoms with E-state index in [0.717, 1.165) is 29.8 Å². The minimum atomic E-state index is 0.127. The Hall–Kier alpha value is -2.27. The lowest BCUT2D eigenvalue weighted by Crippen LogP contribution is -2.09. The molecule has 0 aliphatic carbocycles. The molecular weight excluding hydrogens is 292 g/mol. The molecule has 0 atom stereocenters. The second-order valence-electron chi connectivity index (χ2n) is 5.06. The first-order valence-electron chi connectivity index (χ1n) is 7.19. The lowest BCUT2D eigenvalue weighted by Gasteiger charge is -2.09. The summed E-state index contributed by atoms with van der Waals surface area (Å²) in [6, 6.07) is 18.6. The summed E-state index contributed by atoms with van der Waals surface area (Å²) in [6.07, 6.45) is 0.957. The van der Waals surface area contributed by atoms with Crippen LogP contribution in [0, 0.1) is 5.41 Å². The van der Waals surface area contributed by atoms with E-state index in [1.807, 2.05) is 24.3 Å². The molecule has 4 nitrogen and oxygen atoms in total. The predicted octanol–water partition coefficient (Wildman–Crippen LogP) is 3.41. The summed E-state index contributed by atoms with van der Waals surface area (Å²) in [4.78, 5) is 4.69. The number of aromatic nitrogens is 2. The first-order valence-corrected chi connectivity index (χ1v) is 8.17. The maximum atomic E-state index is 7.39. The van der Waals surface area contributed by atoms with Crippen molar-refractivity contribution in [2.75, 3.05) is 0 Å². The van der Waals surface area contributed by atoms with Gasteiger partial charge in [0.25, 0.3) is 0 Å². The number of aryl methyl sites for hydroxylation is 2. The molecule has 0 radical (unpaired) electrons. The quantitative estimate of drug-likeness (QED) is 0.560. The molecule has 3 rings (SSSR count). The third-order valence-corrected chi connectivity index (χ3v) is 4.27. The number of rotatable bonds is 5. The fourth-order valence-corrected chi connectivity index (χ4v) is 3.02. The normalized spacial score (nSPS) is 10.9. The number of nitrogens with zero attached hydrogens (tertiary/aromatic N) is 2. The monoisotopic (exact) mass is 310 g/mol. The van der Waals surface area contributed by atoms with E-state index in [1.54, 1.807) is 0 Å². The van der Waals surface area contributed by atoms with Gasteiger partial charge in [-0.3, -0.25) is 5.41 Å². The van der Waals surface area contributed by atoms with Gasteiger partial charge in [-0.15, -0.1) is 0 Å². The number of hydrogen-bond acceptors (Lipinski definition) is 3. The van der Waals surface area contributed by atoms with Gasteiger partial charge in [0.1, 0.15) is 5.82 Å². The van der Waals surface area contributed by atoms with E-state index >= 15 is 0 Å². The molecule has 5 heteroatoms. The van der Waals surface area contributed by atoms with Gasteiger partial charge in [0.15, 0.2) is 5.17 Å². The van der Waals surface area contributed by atoms with Gasteiger partial charge in [-0.1, -0.05) is 54.2 Å². The summed E-state index contributed by atoms with van der Waals surface area (Å²) in [5.41, 5.74) is 8.90. The SMILES string of the molecule is N=C(N)SCc1nc2ccccc2n1CCc1ccccc1. The lowest BCUT2D eigenvalue weighted by atomic mass is 10.1. The molecule has 0 fully saturated rings. The van der Waals surface area contributed by atoms with Crippen LogP contribution >= 0.6 is 11.8 Å². The molecule has 112 valence electrons. The number of nitrogens with one attached hydrogen (secondary N) is 1. The molecule has 0 aliphatic rings. The highest BCUT2D eigenvalue weighted by molar-refractivity contribution is 8.13. The van der Waals surface area contributed by atoms with E-state index in [2.05, 4.69) is 39.9 Å². The van der Waals surface area contributed by atoms with Crippen LogP contribution < -0.4 is 5.73 Å². The summed E-state index contributed by atoms with van der Waals surface area (Å²) >= 11 is 1.31. The van der Waals surface area contributed by atoms with Gasteiger partial charge in [0.2, 0.25) is 0 Å². The van der Waals surface area contributed by atoms with Crippen molar-refractivity contribution < 1.29 is 0 Å². The molecule has 0 saturated heterocycles. The fraction of sp³-hybridized carbons (Fsp3) is 0.176. The molecule has 0 unspecified atom stereocenters. The van der Waals surface area contributed by atoms with E-state index in [0.29, 0.717) is 5.75 Å². The van der Waals surface area contributed by atoms with Crippen LogP contribution in [0.1, 0.15) is 11.4 Å². The number of imidazole rings is 1. The van der Waals surface area contributed by atoms with Crippen LogP contribution in [-0.4, -0.2) is 14.7 Å². The molecule has 0 spiro atoms. The Balaban J connectivity index is 1.88. The zero-order valence-electron chi connectivity index (χ0n) is 12.2. The minimum Gasteiger partial charge on any atom is -0.379 e. The smallest absolute Gasteiger partial charge is 0.151 e. The topological polar surface area (TPSA) is 67.7 Å². The third kappa shape index (κ3) is 3.31. The van der Waals surface area contributed by atoms with Gasteiger partial charge in [0, 0.05) is 6.54 Å². The minimum absolute atomic E-state index is 0.127. The Labute approximate surface area is 133 Å². The van der Waals surface area contributed by atoms with Gasteiger partial charge >= 0.3 is 0 Å². The van der Waals surface area contributed by atoms with Crippen LogP contribution in [0.15, 0.2) is 54.6 Å². The Kier molecular flexibility index (Phi) is 4.44. The van der Waals surface area contributed by atoms with Gasteiger partial charge < -0.3 is 10.3 Å². The van der Waals surface area contributed by atoms with Crippen LogP contribution in [0.3, 0.4) is 0 Å². The predicted molar refractivity (Wildman–Crippen MR) is 93.1 cm³/mol. The van der Waals surface area contributed by atoms with E-state index < -0.39 is 0 Å². The maximum Gasteiger partial charge on any atom is 0.151 e. The third-order valence-electron chi connectivity index (χ3n) is 3.56. The number of nitrogens with two attached hydrogens (primary N) is 1. The Morgan fingerprint density at radius 2 is 1.82 bits per heavy atom. The number of hydrogen-bond donors (Lipinski definition) is 2. The van der Waals surface area contributed by atoms with Gasteiger partial charge in [-0.2, -0.15) is 0 Å². The molecule has 0 amide bonds. The second-order valence-corrected chi connectivity index (χ2v) is 6.07. The largest absolute Gasteiger partial charge is 0.379 e. The average molecular weight is 310 g/mol. The van der Waals surface area contributed by atoms with Crippen molar-refractivity contribution in [3.8, 4) is 0 Å². The summed E-state index contributed by atoms with van der Waals surface area (Å²) in [5, 5.41) is 7.52. The number of thioether (sulfide) groups is 1. The van der Waals surface area contributed by atoms with Gasteiger partial charge in [-0.25, -0.2) is 4.98 Å². The van der Waals surface area contributed by atoms with Crippen molar-refractivity contribution in [3.05, 3.63) is 66.0 Å². The molecule has 22 heavy (non-hydrogen) atoms. The molecule has 1 heterocycles. The van der Waals surface area contributed by atoms with Crippen LogP contribution in [0.2, 0.25) is 0 Å². The Morgan fingerprint density at radius 3 is 2.59 bits per heavy atom. The number of benzene rings is 2. The summed E-state index contributed by atoms with van der Waals surface area (Å²) in [6.45, 7) is 0.873. The molecule has 2 aromatic carbocycles. The van der Waals surface area contributed by atoms with Crippen molar-refractivity contribution in [2.24, 2.45) is 5.73 Å². The molecule has 3 N–H and O–H groups in total. The van der Waals surface area contributed by atoms with Gasteiger partial charge in [-0.05, 0) is 24.1 Å². The van der Waals surface area contributed by atoms with Crippen molar-refractivity contribution >= 4 is 28.0 Å². The van der Waals surface area contributed by atoms with E-state index in [4.69, 9.17) is 11.1 Å². The van der Waals surface area contributed by atoms with Gasteiger partial charge in [0.05, 0.1) is 16.8 Å². The Bertz CT molecular complexity index is 780. The van der Waals surface area contributed by atoms with Crippen LogP contribution in [0.5, 0.6) is 0 Å². The van der Waals surface area contributed by atoms with Crippen molar-refractivity contribution in [2.45, 2.75) is 18.7 Å². The summed E-state index contributed by atoms with van der Waals surface area (Å²) in [7, 11) is 0. The van der Waals surface area contributed by atoms with Crippen LogP contribution in [0.4, 0.5) is 0 Å². The molecule has 0 saturated carbocycles. The van der Waals surface area contributed by atoms with Crippen LogP contribution in [0.25, 0.3) is 11.0 Å². The van der Waals surface area contributed by atoms with E-state index in [9.17, 15) is 0 Å². The summed E-state index contributed by atoms with van der Waals surface area (Å²) in [5.74, 6) is 1.59. The van der Waals surface area contributed by atoms with E-state index in [-0.39, 0.29) is 5.17 Å². The molecule has 3 aromatic rings.